The van der Waals surface area contributed by atoms with Crippen LogP contribution in [0.25, 0.3) is 11.1 Å². The third kappa shape index (κ3) is 2.74. The molecule has 0 aliphatic carbocycles. The van der Waals surface area contributed by atoms with Crippen molar-refractivity contribution in [2.45, 2.75) is 11.8 Å². The van der Waals surface area contributed by atoms with Crippen molar-refractivity contribution < 1.29 is 9.53 Å². The molecular weight excluding hydrogens is 244 g/mol. The summed E-state index contributed by atoms with van der Waals surface area (Å²) in [6, 6.07) is 15.8. The average Bonchev–Trinajstić information content (AvgIpc) is 2.39. The van der Waals surface area contributed by atoms with E-state index in [0.717, 1.165) is 16.0 Å². The zero-order valence-electron chi connectivity index (χ0n) is 10.3. The molecule has 2 aromatic carbocycles. The Morgan fingerprint density at radius 3 is 2.39 bits per heavy atom. The van der Waals surface area contributed by atoms with Gasteiger partial charge in [0.1, 0.15) is 5.75 Å². The number of rotatable bonds is 3. The largest absolute Gasteiger partial charge is 0.426 e. The van der Waals surface area contributed by atoms with Gasteiger partial charge >= 0.3 is 5.97 Å². The Bertz CT molecular complexity index is 550. The van der Waals surface area contributed by atoms with E-state index < -0.39 is 0 Å². The van der Waals surface area contributed by atoms with Crippen molar-refractivity contribution in [2.24, 2.45) is 0 Å². The van der Waals surface area contributed by atoms with Crippen LogP contribution in [0.1, 0.15) is 6.92 Å². The SMILES string of the molecule is CSc1c(OC(C)=O)cccc1-c1ccccc1. The number of hydrogen-bond acceptors (Lipinski definition) is 3. The van der Waals surface area contributed by atoms with Gasteiger partial charge < -0.3 is 4.74 Å². The fourth-order valence-electron chi connectivity index (χ4n) is 1.81. The van der Waals surface area contributed by atoms with Crippen LogP contribution in [0.4, 0.5) is 0 Å². The zero-order chi connectivity index (χ0) is 13.0. The minimum atomic E-state index is -0.296. The lowest BCUT2D eigenvalue weighted by Crippen LogP contribution is -2.02. The van der Waals surface area contributed by atoms with E-state index in [4.69, 9.17) is 4.74 Å². The van der Waals surface area contributed by atoms with E-state index in [1.165, 1.54) is 6.92 Å². The van der Waals surface area contributed by atoms with Gasteiger partial charge in [-0.2, -0.15) is 0 Å². The summed E-state index contributed by atoms with van der Waals surface area (Å²) in [5.74, 6) is 0.326. The van der Waals surface area contributed by atoms with Crippen molar-refractivity contribution in [1.82, 2.24) is 0 Å². The van der Waals surface area contributed by atoms with E-state index >= 15 is 0 Å². The second kappa shape index (κ2) is 5.74. The van der Waals surface area contributed by atoms with E-state index in [2.05, 4.69) is 0 Å². The van der Waals surface area contributed by atoms with Gasteiger partial charge in [0.15, 0.2) is 0 Å². The summed E-state index contributed by atoms with van der Waals surface area (Å²) in [7, 11) is 0. The summed E-state index contributed by atoms with van der Waals surface area (Å²) in [5.41, 5.74) is 2.21. The highest BCUT2D eigenvalue weighted by atomic mass is 32.2. The van der Waals surface area contributed by atoms with Gasteiger partial charge in [-0.05, 0) is 23.4 Å². The first kappa shape index (κ1) is 12.7. The van der Waals surface area contributed by atoms with Crippen molar-refractivity contribution in [3.05, 3.63) is 48.5 Å². The number of carbonyl (C=O) groups excluding carboxylic acids is 1. The van der Waals surface area contributed by atoms with Crippen LogP contribution in [-0.2, 0) is 4.79 Å². The van der Waals surface area contributed by atoms with Crippen LogP contribution < -0.4 is 4.74 Å². The molecule has 0 atom stereocenters. The lowest BCUT2D eigenvalue weighted by Gasteiger charge is -2.12. The van der Waals surface area contributed by atoms with E-state index in [1.807, 2.05) is 54.8 Å². The Morgan fingerprint density at radius 1 is 1.06 bits per heavy atom. The molecule has 92 valence electrons. The van der Waals surface area contributed by atoms with E-state index in [-0.39, 0.29) is 5.97 Å². The molecule has 3 heteroatoms. The molecule has 0 radical (unpaired) electrons. The van der Waals surface area contributed by atoms with E-state index in [0.29, 0.717) is 5.75 Å². The molecule has 0 amide bonds. The topological polar surface area (TPSA) is 26.3 Å². The second-order valence-corrected chi connectivity index (χ2v) is 4.61. The molecule has 2 nitrogen and oxygen atoms in total. The van der Waals surface area contributed by atoms with Gasteiger partial charge in [0.2, 0.25) is 0 Å². The van der Waals surface area contributed by atoms with E-state index in [9.17, 15) is 4.79 Å². The number of esters is 1. The van der Waals surface area contributed by atoms with Crippen molar-refractivity contribution in [3.8, 4) is 16.9 Å². The van der Waals surface area contributed by atoms with Crippen LogP contribution >= 0.6 is 11.8 Å². The van der Waals surface area contributed by atoms with Crippen molar-refractivity contribution in [3.63, 3.8) is 0 Å². The summed E-state index contributed by atoms with van der Waals surface area (Å²) in [5, 5.41) is 0. The number of thioether (sulfide) groups is 1. The predicted octanol–water partition coefficient (Wildman–Crippen LogP) is 4.00. The van der Waals surface area contributed by atoms with Crippen LogP contribution in [0.3, 0.4) is 0 Å². The summed E-state index contributed by atoms with van der Waals surface area (Å²) < 4.78 is 5.24. The van der Waals surface area contributed by atoms with Gasteiger partial charge in [-0.25, -0.2) is 0 Å². The molecule has 0 aliphatic heterocycles. The van der Waals surface area contributed by atoms with Gasteiger partial charge in [0.25, 0.3) is 0 Å². The smallest absolute Gasteiger partial charge is 0.308 e. The molecule has 2 rings (SSSR count). The highest BCUT2D eigenvalue weighted by Crippen LogP contribution is 2.37. The second-order valence-electron chi connectivity index (χ2n) is 3.80. The lowest BCUT2D eigenvalue weighted by molar-refractivity contribution is -0.132. The minimum absolute atomic E-state index is 0.296. The van der Waals surface area contributed by atoms with Crippen LogP contribution in [0.15, 0.2) is 53.4 Å². The number of benzene rings is 2. The Kier molecular flexibility index (Phi) is 4.05. The summed E-state index contributed by atoms with van der Waals surface area (Å²) >= 11 is 1.58. The molecule has 0 unspecified atom stereocenters. The maximum atomic E-state index is 11.1. The lowest BCUT2D eigenvalue weighted by atomic mass is 10.1. The molecule has 0 fully saturated rings. The molecule has 0 bridgehead atoms. The van der Waals surface area contributed by atoms with Crippen LogP contribution in [0, 0.1) is 0 Å². The third-order valence-electron chi connectivity index (χ3n) is 2.52. The first-order chi connectivity index (χ1) is 8.72. The molecule has 0 spiro atoms. The van der Waals surface area contributed by atoms with Gasteiger partial charge in [0.05, 0.1) is 4.90 Å². The number of ether oxygens (including phenoxy) is 1. The zero-order valence-corrected chi connectivity index (χ0v) is 11.2. The van der Waals surface area contributed by atoms with Crippen molar-refractivity contribution in [1.29, 1.82) is 0 Å². The highest BCUT2D eigenvalue weighted by molar-refractivity contribution is 7.98. The normalized spacial score (nSPS) is 10.1. The first-order valence-corrected chi connectivity index (χ1v) is 6.85. The highest BCUT2D eigenvalue weighted by Gasteiger charge is 2.11. The van der Waals surface area contributed by atoms with Crippen LogP contribution in [-0.4, -0.2) is 12.2 Å². The first-order valence-electron chi connectivity index (χ1n) is 5.63. The Hall–Kier alpha value is -1.74. The quantitative estimate of drug-likeness (QED) is 0.473. The Morgan fingerprint density at radius 2 is 1.78 bits per heavy atom. The summed E-state index contributed by atoms with van der Waals surface area (Å²) in [4.78, 5) is 12.1. The van der Waals surface area contributed by atoms with Gasteiger partial charge in [0, 0.05) is 6.92 Å². The molecule has 0 heterocycles. The molecule has 0 aromatic heterocycles. The van der Waals surface area contributed by atoms with Gasteiger partial charge in [-0.1, -0.05) is 42.5 Å². The fraction of sp³-hybridized carbons (Fsp3) is 0.133. The monoisotopic (exact) mass is 258 g/mol. The minimum Gasteiger partial charge on any atom is -0.426 e. The summed E-state index contributed by atoms with van der Waals surface area (Å²) in [6.45, 7) is 1.42. The molecule has 2 aromatic rings. The summed E-state index contributed by atoms with van der Waals surface area (Å²) in [6.07, 6.45) is 1.98. The van der Waals surface area contributed by atoms with Crippen molar-refractivity contribution >= 4 is 17.7 Å². The molecule has 0 N–H and O–H groups in total. The maximum Gasteiger partial charge on any atom is 0.308 e. The molecule has 18 heavy (non-hydrogen) atoms. The molecule has 0 saturated carbocycles. The van der Waals surface area contributed by atoms with Crippen LogP contribution in [0.5, 0.6) is 5.75 Å². The average molecular weight is 258 g/mol. The number of carbonyl (C=O) groups is 1. The van der Waals surface area contributed by atoms with Gasteiger partial charge in [-0.3, -0.25) is 4.79 Å². The Labute approximate surface area is 111 Å². The fourth-order valence-corrected chi connectivity index (χ4v) is 2.52. The molecule has 0 saturated heterocycles. The standard InChI is InChI=1S/C15H14O2S/c1-11(16)17-14-10-6-9-13(15(14)18-2)12-7-4-3-5-8-12/h3-10H,1-2H3. The molecular formula is C15H14O2S. The molecule has 0 aliphatic rings. The van der Waals surface area contributed by atoms with E-state index in [1.54, 1.807) is 11.8 Å². The Balaban J connectivity index is 2.51. The predicted molar refractivity (Wildman–Crippen MR) is 75.0 cm³/mol. The van der Waals surface area contributed by atoms with Crippen molar-refractivity contribution in [2.75, 3.05) is 6.26 Å². The third-order valence-corrected chi connectivity index (χ3v) is 3.35. The number of hydrogen-bond donors (Lipinski definition) is 0. The van der Waals surface area contributed by atoms with Gasteiger partial charge in [-0.15, -0.1) is 11.8 Å². The van der Waals surface area contributed by atoms with Crippen LogP contribution in [0.2, 0.25) is 0 Å². The maximum absolute atomic E-state index is 11.1.